The van der Waals surface area contributed by atoms with Crippen LogP contribution in [0.15, 0.2) is 41.0 Å². The van der Waals surface area contributed by atoms with Crippen molar-refractivity contribution in [3.05, 3.63) is 47.9 Å². The third-order valence-corrected chi connectivity index (χ3v) is 6.41. The van der Waals surface area contributed by atoms with Gasteiger partial charge in [-0.25, -0.2) is 0 Å². The second-order valence-corrected chi connectivity index (χ2v) is 8.51. The summed E-state index contributed by atoms with van der Waals surface area (Å²) in [7, 11) is 0. The fourth-order valence-electron chi connectivity index (χ4n) is 5.76. The number of hydrogen-bond acceptors (Lipinski definition) is 4. The third kappa shape index (κ3) is 3.13. The lowest BCUT2D eigenvalue weighted by Gasteiger charge is -2.56. The maximum atomic E-state index is 12.8. The molecule has 0 spiro atoms. The Morgan fingerprint density at radius 1 is 0.963 bits per heavy atom. The lowest BCUT2D eigenvalue weighted by molar-refractivity contribution is -0.0167. The van der Waals surface area contributed by atoms with Gasteiger partial charge in [-0.2, -0.15) is 4.98 Å². The molecular formula is C21H23N3O3. The number of hydrogen-bond donors (Lipinski definition) is 2. The fraction of sp³-hybridized carbons (Fsp3) is 0.476. The van der Waals surface area contributed by atoms with Crippen molar-refractivity contribution in [2.24, 2.45) is 17.8 Å². The summed E-state index contributed by atoms with van der Waals surface area (Å²) in [5, 5.41) is 5.86. The summed E-state index contributed by atoms with van der Waals surface area (Å²) in [6.07, 6.45) is 8.55. The summed E-state index contributed by atoms with van der Waals surface area (Å²) in [6.45, 7) is 0. The molecule has 0 aliphatic heterocycles. The van der Waals surface area contributed by atoms with Crippen molar-refractivity contribution >= 4 is 17.8 Å². The van der Waals surface area contributed by atoms with Crippen LogP contribution in [0.2, 0.25) is 0 Å². The molecule has 4 aliphatic rings. The first-order valence-corrected chi connectivity index (χ1v) is 9.73. The van der Waals surface area contributed by atoms with E-state index < -0.39 is 0 Å². The van der Waals surface area contributed by atoms with E-state index in [-0.39, 0.29) is 29.1 Å². The van der Waals surface area contributed by atoms with E-state index in [1.165, 1.54) is 25.5 Å². The molecule has 4 saturated carbocycles. The maximum absolute atomic E-state index is 12.8. The van der Waals surface area contributed by atoms with Gasteiger partial charge < -0.3 is 9.73 Å². The Hall–Kier alpha value is -2.63. The van der Waals surface area contributed by atoms with Crippen LogP contribution in [0, 0.1) is 17.8 Å². The molecule has 0 atom stereocenters. The molecule has 4 fully saturated rings. The minimum absolute atomic E-state index is 0.0412. The van der Waals surface area contributed by atoms with E-state index >= 15 is 0 Å². The molecule has 4 aliphatic carbocycles. The predicted octanol–water partition coefficient (Wildman–Crippen LogP) is 3.63. The van der Waals surface area contributed by atoms with E-state index in [9.17, 15) is 9.59 Å². The Kier molecular flexibility index (Phi) is 3.81. The van der Waals surface area contributed by atoms with Crippen molar-refractivity contribution in [2.45, 2.75) is 44.1 Å². The van der Waals surface area contributed by atoms with Gasteiger partial charge >= 0.3 is 6.01 Å². The first-order chi connectivity index (χ1) is 13.1. The van der Waals surface area contributed by atoms with E-state index in [0.29, 0.717) is 5.56 Å². The maximum Gasteiger partial charge on any atom is 0.302 e. The number of anilines is 1. The van der Waals surface area contributed by atoms with Gasteiger partial charge in [-0.3, -0.25) is 14.9 Å². The van der Waals surface area contributed by atoms with Crippen molar-refractivity contribution in [2.75, 3.05) is 5.32 Å². The lowest BCUT2D eigenvalue weighted by Crippen LogP contribution is -2.59. The Labute approximate surface area is 157 Å². The van der Waals surface area contributed by atoms with Crippen LogP contribution in [-0.4, -0.2) is 22.3 Å². The molecule has 2 aromatic rings. The Bertz CT molecular complexity index is 839. The Balaban J connectivity index is 1.26. The zero-order chi connectivity index (χ0) is 18.4. The van der Waals surface area contributed by atoms with E-state index in [1.54, 1.807) is 24.3 Å². The van der Waals surface area contributed by atoms with Gasteiger partial charge in [0.2, 0.25) is 0 Å². The standard InChI is InChI=1S/C21H23N3O3/c25-18(16-4-2-1-3-5-16)23-20-22-17(12-27-20)19(26)24-21-9-13-6-14(10-21)8-15(7-13)11-21/h1-5,12-15H,6-11H2,(H,24,26)(H,22,23,25). The van der Waals surface area contributed by atoms with Gasteiger partial charge in [0.1, 0.15) is 6.26 Å². The normalized spacial score (nSPS) is 30.9. The number of rotatable bonds is 4. The van der Waals surface area contributed by atoms with E-state index in [0.717, 1.165) is 37.0 Å². The molecule has 0 unspecified atom stereocenters. The smallest absolute Gasteiger partial charge is 0.302 e. The number of benzene rings is 1. The van der Waals surface area contributed by atoms with E-state index in [4.69, 9.17) is 4.42 Å². The SMILES string of the molecule is O=C(Nc1nc(C(=O)NC23CC4CC(CC(C4)C2)C3)co1)c1ccccc1. The second-order valence-electron chi connectivity index (χ2n) is 8.51. The zero-order valence-corrected chi connectivity index (χ0v) is 15.1. The van der Waals surface area contributed by atoms with Gasteiger partial charge in [0.25, 0.3) is 11.8 Å². The highest BCUT2D eigenvalue weighted by molar-refractivity contribution is 6.03. The monoisotopic (exact) mass is 365 g/mol. The molecule has 1 aromatic heterocycles. The van der Waals surface area contributed by atoms with Gasteiger partial charge in [-0.15, -0.1) is 0 Å². The number of nitrogens with zero attached hydrogens (tertiary/aromatic N) is 1. The summed E-state index contributed by atoms with van der Waals surface area (Å²) in [4.78, 5) is 29.1. The minimum atomic E-state index is -0.314. The average molecular weight is 365 g/mol. The Morgan fingerprint density at radius 2 is 1.59 bits per heavy atom. The summed E-state index contributed by atoms with van der Waals surface area (Å²) in [6, 6.07) is 8.87. The van der Waals surface area contributed by atoms with Gasteiger partial charge in [0, 0.05) is 11.1 Å². The van der Waals surface area contributed by atoms with Gasteiger partial charge in [0.15, 0.2) is 5.69 Å². The van der Waals surface area contributed by atoms with Crippen LogP contribution < -0.4 is 10.6 Å². The molecule has 4 bridgehead atoms. The predicted molar refractivity (Wildman–Crippen MR) is 99.3 cm³/mol. The average Bonchev–Trinajstić information content (AvgIpc) is 3.09. The molecule has 140 valence electrons. The zero-order valence-electron chi connectivity index (χ0n) is 15.1. The number of amides is 2. The Morgan fingerprint density at radius 3 is 2.22 bits per heavy atom. The highest BCUT2D eigenvalue weighted by atomic mass is 16.4. The highest BCUT2D eigenvalue weighted by Crippen LogP contribution is 2.55. The van der Waals surface area contributed by atoms with Crippen LogP contribution in [0.1, 0.15) is 59.4 Å². The molecule has 6 nitrogen and oxygen atoms in total. The molecule has 2 N–H and O–H groups in total. The molecule has 2 amide bonds. The summed E-state index contributed by atoms with van der Waals surface area (Å²) in [5.74, 6) is 1.75. The first-order valence-electron chi connectivity index (χ1n) is 9.73. The molecular weight excluding hydrogens is 342 g/mol. The quantitative estimate of drug-likeness (QED) is 0.867. The van der Waals surface area contributed by atoms with E-state index in [2.05, 4.69) is 15.6 Å². The van der Waals surface area contributed by atoms with Crippen LogP contribution in [0.4, 0.5) is 6.01 Å². The fourth-order valence-corrected chi connectivity index (χ4v) is 5.76. The number of oxazole rings is 1. The summed E-state index contributed by atoms with van der Waals surface area (Å²) < 4.78 is 5.29. The molecule has 1 aromatic carbocycles. The highest BCUT2D eigenvalue weighted by Gasteiger charge is 2.51. The number of carbonyl (C=O) groups is 2. The third-order valence-electron chi connectivity index (χ3n) is 6.41. The van der Waals surface area contributed by atoms with Crippen LogP contribution in [0.5, 0.6) is 0 Å². The second kappa shape index (κ2) is 6.22. The van der Waals surface area contributed by atoms with Crippen LogP contribution in [0.25, 0.3) is 0 Å². The topological polar surface area (TPSA) is 84.2 Å². The van der Waals surface area contributed by atoms with Crippen molar-refractivity contribution < 1.29 is 14.0 Å². The summed E-state index contributed by atoms with van der Waals surface area (Å²) in [5.41, 5.74) is 0.655. The van der Waals surface area contributed by atoms with Gasteiger partial charge in [0.05, 0.1) is 0 Å². The number of carbonyl (C=O) groups excluding carboxylic acids is 2. The van der Waals surface area contributed by atoms with Crippen LogP contribution in [-0.2, 0) is 0 Å². The first kappa shape index (κ1) is 16.5. The van der Waals surface area contributed by atoms with E-state index in [1.807, 2.05) is 6.07 Å². The van der Waals surface area contributed by atoms with Crippen molar-refractivity contribution in [1.29, 1.82) is 0 Å². The van der Waals surface area contributed by atoms with Crippen molar-refractivity contribution in [3.8, 4) is 0 Å². The molecule has 6 rings (SSSR count). The number of nitrogens with one attached hydrogen (secondary N) is 2. The molecule has 6 heteroatoms. The molecule has 1 heterocycles. The minimum Gasteiger partial charge on any atom is -0.431 e. The molecule has 27 heavy (non-hydrogen) atoms. The van der Waals surface area contributed by atoms with Crippen molar-refractivity contribution in [1.82, 2.24) is 10.3 Å². The lowest BCUT2D eigenvalue weighted by atomic mass is 9.53. The summed E-state index contributed by atoms with van der Waals surface area (Å²) >= 11 is 0. The van der Waals surface area contributed by atoms with Gasteiger partial charge in [-0.05, 0) is 68.4 Å². The van der Waals surface area contributed by atoms with Crippen LogP contribution >= 0.6 is 0 Å². The van der Waals surface area contributed by atoms with Crippen LogP contribution in [0.3, 0.4) is 0 Å². The van der Waals surface area contributed by atoms with Gasteiger partial charge in [-0.1, -0.05) is 18.2 Å². The molecule has 0 radical (unpaired) electrons. The molecule has 0 saturated heterocycles. The number of aromatic nitrogens is 1. The largest absolute Gasteiger partial charge is 0.431 e. The van der Waals surface area contributed by atoms with Crippen molar-refractivity contribution in [3.63, 3.8) is 0 Å².